The molecule has 1 saturated heterocycles. The maximum absolute atomic E-state index is 12.8. The van der Waals surface area contributed by atoms with Gasteiger partial charge in [-0.1, -0.05) is 18.5 Å². The van der Waals surface area contributed by atoms with E-state index in [4.69, 9.17) is 20.4 Å². The number of halogens is 1. The average molecular weight is 443 g/mol. The zero-order valence-corrected chi connectivity index (χ0v) is 18.8. The number of hydrogen-bond donors (Lipinski definition) is 1. The number of carbonyl (C=O) groups is 1. The summed E-state index contributed by atoms with van der Waals surface area (Å²) in [5.74, 6) is 1.93. The van der Waals surface area contributed by atoms with Gasteiger partial charge in [0, 0.05) is 17.6 Å². The first-order valence-electron chi connectivity index (χ1n) is 10.6. The smallest absolute Gasteiger partial charge is 0.287 e. The van der Waals surface area contributed by atoms with Gasteiger partial charge < -0.3 is 14.2 Å². The van der Waals surface area contributed by atoms with Crippen molar-refractivity contribution in [2.45, 2.75) is 39.7 Å². The van der Waals surface area contributed by atoms with Gasteiger partial charge in [-0.25, -0.2) is 0 Å². The molecule has 0 aliphatic carbocycles. The van der Waals surface area contributed by atoms with E-state index < -0.39 is 5.91 Å². The van der Waals surface area contributed by atoms with Crippen molar-refractivity contribution in [2.24, 2.45) is 5.92 Å². The van der Waals surface area contributed by atoms with Crippen LogP contribution in [0.5, 0.6) is 0 Å². The van der Waals surface area contributed by atoms with Crippen molar-refractivity contribution in [2.75, 3.05) is 19.6 Å². The molecule has 1 aliphatic heterocycles. The summed E-state index contributed by atoms with van der Waals surface area (Å²) in [6.07, 6.45) is 2.23. The highest BCUT2D eigenvalue weighted by Gasteiger charge is 2.27. The number of likely N-dealkylation sites (tertiary alicyclic amines) is 1. The van der Waals surface area contributed by atoms with Crippen molar-refractivity contribution in [3.8, 4) is 0 Å². The lowest BCUT2D eigenvalue weighted by molar-refractivity contribution is 0.0870. The molecule has 1 unspecified atom stereocenters. The predicted octanol–water partition coefficient (Wildman–Crippen LogP) is 4.86. The number of hydrogen-bond acceptors (Lipinski definition) is 5. The maximum atomic E-state index is 12.8. The minimum Gasteiger partial charge on any atom is -0.465 e. The van der Waals surface area contributed by atoms with Crippen LogP contribution in [0.4, 0.5) is 0 Å². The van der Waals surface area contributed by atoms with Crippen LogP contribution >= 0.6 is 11.6 Å². The van der Waals surface area contributed by atoms with Crippen molar-refractivity contribution < 1.29 is 13.6 Å². The Kier molecular flexibility index (Phi) is 6.21. The van der Waals surface area contributed by atoms with Gasteiger partial charge in [0.1, 0.15) is 17.1 Å². The molecule has 6 nitrogen and oxygen atoms in total. The zero-order chi connectivity index (χ0) is 22.1. The van der Waals surface area contributed by atoms with Crippen LogP contribution in [0.15, 0.2) is 44.0 Å². The Balaban J connectivity index is 1.55. The average Bonchev–Trinajstić information content (AvgIpc) is 3.16. The van der Waals surface area contributed by atoms with E-state index in [1.165, 1.54) is 6.07 Å². The second kappa shape index (κ2) is 8.89. The van der Waals surface area contributed by atoms with Gasteiger partial charge in [0.25, 0.3) is 5.91 Å². The number of piperidine rings is 1. The molecule has 3 aromatic rings. The first kappa shape index (κ1) is 21.7. The Labute approximate surface area is 186 Å². The summed E-state index contributed by atoms with van der Waals surface area (Å²) in [5.41, 5.74) is 0.835. The molecule has 1 atom stereocenters. The third-order valence-electron chi connectivity index (χ3n) is 6.04. The standard InChI is InChI=1S/C24H27ClN2O4/c1-14-6-8-27(9-7-14)19(21-5-4-16(3)30-21)13-26-24(29)23-12-20(28)17-11-18(25)15(2)10-22(17)31-23/h4-5,10-12,14,19H,6-9,13H2,1-3H3,(H,26,29). The lowest BCUT2D eigenvalue weighted by Crippen LogP contribution is -2.41. The molecule has 164 valence electrons. The maximum Gasteiger partial charge on any atom is 0.287 e. The normalized spacial score (nSPS) is 16.5. The van der Waals surface area contributed by atoms with Crippen molar-refractivity contribution in [3.63, 3.8) is 0 Å². The number of fused-ring (bicyclic) bond motifs is 1. The highest BCUT2D eigenvalue weighted by molar-refractivity contribution is 6.32. The molecular formula is C24H27ClN2O4. The third-order valence-corrected chi connectivity index (χ3v) is 6.44. The van der Waals surface area contributed by atoms with Crippen molar-refractivity contribution in [1.29, 1.82) is 0 Å². The van der Waals surface area contributed by atoms with Crippen LogP contribution in [-0.4, -0.2) is 30.4 Å². The topological polar surface area (TPSA) is 75.7 Å². The number of nitrogens with one attached hydrogen (secondary N) is 1. The molecule has 0 bridgehead atoms. The summed E-state index contributed by atoms with van der Waals surface area (Å²) in [6.45, 7) is 8.27. The van der Waals surface area contributed by atoms with E-state index in [1.54, 1.807) is 12.1 Å². The van der Waals surface area contributed by atoms with E-state index in [2.05, 4.69) is 17.1 Å². The van der Waals surface area contributed by atoms with Crippen LogP contribution < -0.4 is 10.7 Å². The first-order chi connectivity index (χ1) is 14.8. The molecule has 1 N–H and O–H groups in total. The lowest BCUT2D eigenvalue weighted by Gasteiger charge is -2.35. The number of aryl methyl sites for hydroxylation is 2. The van der Waals surface area contributed by atoms with Gasteiger partial charge >= 0.3 is 0 Å². The molecule has 7 heteroatoms. The molecule has 1 amide bonds. The van der Waals surface area contributed by atoms with Crippen LogP contribution in [0, 0.1) is 19.8 Å². The second-order valence-corrected chi connectivity index (χ2v) is 8.87. The third kappa shape index (κ3) is 4.70. The molecule has 3 heterocycles. The summed E-state index contributed by atoms with van der Waals surface area (Å²) < 4.78 is 11.6. The molecule has 0 spiro atoms. The van der Waals surface area contributed by atoms with Gasteiger partial charge in [0.2, 0.25) is 0 Å². The molecule has 1 aromatic carbocycles. The Morgan fingerprint density at radius 1 is 1.19 bits per heavy atom. The Hall–Kier alpha value is -2.57. The summed E-state index contributed by atoms with van der Waals surface area (Å²) in [7, 11) is 0. The SMILES string of the molecule is Cc1ccc(C(CNC(=O)c2cc(=O)c3cc(Cl)c(C)cc3o2)N2CCC(C)CC2)o1. The number of rotatable bonds is 5. The van der Waals surface area contributed by atoms with Gasteiger partial charge in [-0.15, -0.1) is 0 Å². The summed E-state index contributed by atoms with van der Waals surface area (Å²) in [6, 6.07) is 8.31. The van der Waals surface area contributed by atoms with E-state index in [1.807, 2.05) is 26.0 Å². The largest absolute Gasteiger partial charge is 0.465 e. The number of benzene rings is 1. The zero-order valence-electron chi connectivity index (χ0n) is 18.0. The monoisotopic (exact) mass is 442 g/mol. The number of carbonyl (C=O) groups excluding carboxylic acids is 1. The van der Waals surface area contributed by atoms with Gasteiger partial charge in [0.15, 0.2) is 11.2 Å². The van der Waals surface area contributed by atoms with Gasteiger partial charge in [-0.2, -0.15) is 0 Å². The fraction of sp³-hybridized carbons (Fsp3) is 0.417. The second-order valence-electron chi connectivity index (χ2n) is 8.47. The number of amides is 1. The summed E-state index contributed by atoms with van der Waals surface area (Å²) in [5, 5.41) is 3.78. The highest BCUT2D eigenvalue weighted by atomic mass is 35.5. The number of furan rings is 1. The number of nitrogens with zero attached hydrogens (tertiary/aromatic N) is 1. The quantitative estimate of drug-likeness (QED) is 0.610. The minimum atomic E-state index is -0.426. The molecule has 1 aliphatic rings. The molecule has 4 rings (SSSR count). The minimum absolute atomic E-state index is 0.0131. The van der Waals surface area contributed by atoms with E-state index >= 15 is 0 Å². The highest BCUT2D eigenvalue weighted by Crippen LogP contribution is 2.28. The predicted molar refractivity (Wildman–Crippen MR) is 121 cm³/mol. The van der Waals surface area contributed by atoms with Gasteiger partial charge in [0.05, 0.1) is 11.4 Å². The molecular weight excluding hydrogens is 416 g/mol. The van der Waals surface area contributed by atoms with E-state index in [0.717, 1.165) is 43.0 Å². The lowest BCUT2D eigenvalue weighted by atomic mass is 9.97. The van der Waals surface area contributed by atoms with Gasteiger partial charge in [-0.05, 0) is 75.5 Å². The van der Waals surface area contributed by atoms with Crippen LogP contribution in [-0.2, 0) is 0 Å². The summed E-state index contributed by atoms with van der Waals surface area (Å²) >= 11 is 6.12. The molecule has 1 fully saturated rings. The molecule has 2 aromatic heterocycles. The molecule has 0 radical (unpaired) electrons. The van der Waals surface area contributed by atoms with Crippen molar-refractivity contribution >= 4 is 28.5 Å². The van der Waals surface area contributed by atoms with Crippen molar-refractivity contribution in [3.05, 3.63) is 68.4 Å². The van der Waals surface area contributed by atoms with Crippen LogP contribution in [0.1, 0.15) is 53.4 Å². The van der Waals surface area contributed by atoms with Crippen LogP contribution in [0.25, 0.3) is 11.0 Å². The van der Waals surface area contributed by atoms with Gasteiger partial charge in [-0.3, -0.25) is 14.5 Å². The van der Waals surface area contributed by atoms with E-state index in [-0.39, 0.29) is 17.2 Å². The Morgan fingerprint density at radius 2 is 1.94 bits per heavy atom. The van der Waals surface area contributed by atoms with E-state index in [9.17, 15) is 9.59 Å². The van der Waals surface area contributed by atoms with Crippen LogP contribution in [0.2, 0.25) is 5.02 Å². The Bertz CT molecular complexity index is 1160. The first-order valence-corrected chi connectivity index (χ1v) is 11.0. The van der Waals surface area contributed by atoms with Crippen LogP contribution in [0.3, 0.4) is 0 Å². The fourth-order valence-corrected chi connectivity index (χ4v) is 4.21. The molecule has 31 heavy (non-hydrogen) atoms. The van der Waals surface area contributed by atoms with Crippen molar-refractivity contribution in [1.82, 2.24) is 10.2 Å². The van der Waals surface area contributed by atoms with E-state index in [0.29, 0.717) is 28.5 Å². The Morgan fingerprint density at radius 3 is 2.61 bits per heavy atom. The fourth-order valence-electron chi connectivity index (χ4n) is 4.05. The molecule has 0 saturated carbocycles. The summed E-state index contributed by atoms with van der Waals surface area (Å²) in [4.78, 5) is 27.7.